The van der Waals surface area contributed by atoms with Crippen LogP contribution in [0, 0.1) is 5.92 Å². The zero-order chi connectivity index (χ0) is 9.14. The van der Waals surface area contributed by atoms with Crippen LogP contribution in [0.15, 0.2) is 0 Å². The van der Waals surface area contributed by atoms with E-state index in [0.717, 1.165) is 6.54 Å². The molecule has 0 aromatic rings. The van der Waals surface area contributed by atoms with Gasteiger partial charge in [-0.25, -0.2) is 0 Å². The normalized spacial score (nSPS) is 32.8. The van der Waals surface area contributed by atoms with Gasteiger partial charge >= 0.3 is 5.97 Å². The topological polar surface area (TPSA) is 52.6 Å². The fraction of sp³-hybridized carbons (Fsp3) is 0.875. The van der Waals surface area contributed by atoms with Crippen molar-refractivity contribution in [3.8, 4) is 0 Å². The number of hydrogen-bond acceptors (Lipinski definition) is 3. The Morgan fingerprint density at radius 3 is 2.83 bits per heavy atom. The highest BCUT2D eigenvalue weighted by atomic mass is 16.4. The summed E-state index contributed by atoms with van der Waals surface area (Å²) < 4.78 is 0. The highest BCUT2D eigenvalue weighted by molar-refractivity contribution is 5.70. The summed E-state index contributed by atoms with van der Waals surface area (Å²) in [5, 5.41) is 11.9. The molecule has 1 fully saturated rings. The molecule has 2 unspecified atom stereocenters. The molecule has 0 bridgehead atoms. The number of carboxylic acids is 1. The van der Waals surface area contributed by atoms with Gasteiger partial charge in [0.15, 0.2) is 0 Å². The Hall–Kier alpha value is -0.610. The first kappa shape index (κ1) is 9.48. The van der Waals surface area contributed by atoms with Gasteiger partial charge in [-0.1, -0.05) is 0 Å². The van der Waals surface area contributed by atoms with Crippen LogP contribution in [0.25, 0.3) is 0 Å². The van der Waals surface area contributed by atoms with Crippen LogP contribution >= 0.6 is 0 Å². The van der Waals surface area contributed by atoms with Gasteiger partial charge in [0.25, 0.3) is 0 Å². The molecule has 1 aliphatic rings. The maximum absolute atomic E-state index is 10.7. The molecule has 2 N–H and O–H groups in total. The molecule has 1 heterocycles. The lowest BCUT2D eigenvalue weighted by Gasteiger charge is -2.22. The van der Waals surface area contributed by atoms with Crippen molar-refractivity contribution in [1.82, 2.24) is 10.2 Å². The van der Waals surface area contributed by atoms with E-state index < -0.39 is 5.97 Å². The second-order valence-corrected chi connectivity index (χ2v) is 3.48. The summed E-state index contributed by atoms with van der Waals surface area (Å²) >= 11 is 0. The second kappa shape index (κ2) is 3.87. The first-order valence-corrected chi connectivity index (χ1v) is 4.25. The lowest BCUT2D eigenvalue weighted by Crippen LogP contribution is -2.35. The van der Waals surface area contributed by atoms with E-state index in [2.05, 4.69) is 17.1 Å². The quantitative estimate of drug-likeness (QED) is 0.565. The summed E-state index contributed by atoms with van der Waals surface area (Å²) in [7, 11) is 1.97. The van der Waals surface area contributed by atoms with E-state index in [-0.39, 0.29) is 5.92 Å². The van der Waals surface area contributed by atoms with Crippen LogP contribution in [0.2, 0.25) is 0 Å². The summed E-state index contributed by atoms with van der Waals surface area (Å²) in [5.41, 5.74) is 0. The van der Waals surface area contributed by atoms with Crippen molar-refractivity contribution in [1.29, 1.82) is 0 Å². The molecule has 1 aliphatic heterocycles. The van der Waals surface area contributed by atoms with Gasteiger partial charge in [0.05, 0.1) is 5.92 Å². The van der Waals surface area contributed by atoms with Crippen molar-refractivity contribution in [2.24, 2.45) is 5.92 Å². The highest BCUT2D eigenvalue weighted by Gasteiger charge is 2.24. The maximum atomic E-state index is 10.7. The Morgan fingerprint density at radius 1 is 1.58 bits per heavy atom. The van der Waals surface area contributed by atoms with E-state index in [4.69, 9.17) is 5.11 Å². The first-order chi connectivity index (χ1) is 5.61. The van der Waals surface area contributed by atoms with Gasteiger partial charge in [-0.3, -0.25) is 4.79 Å². The molecule has 0 aliphatic carbocycles. The Morgan fingerprint density at radius 2 is 2.25 bits per heavy atom. The van der Waals surface area contributed by atoms with Crippen LogP contribution in [0.5, 0.6) is 0 Å². The number of rotatable bonds is 1. The average molecular weight is 172 g/mol. The van der Waals surface area contributed by atoms with Crippen molar-refractivity contribution in [2.45, 2.75) is 13.0 Å². The number of aliphatic carboxylic acids is 1. The average Bonchev–Trinajstić information content (AvgIpc) is 2.15. The van der Waals surface area contributed by atoms with Crippen LogP contribution < -0.4 is 5.32 Å². The molecule has 0 aromatic carbocycles. The summed E-state index contributed by atoms with van der Waals surface area (Å²) in [6.45, 7) is 4.20. The molecular weight excluding hydrogens is 156 g/mol. The molecule has 4 nitrogen and oxygen atoms in total. The number of nitrogens with one attached hydrogen (secondary N) is 1. The minimum atomic E-state index is -0.705. The van der Waals surface area contributed by atoms with Crippen molar-refractivity contribution < 1.29 is 9.90 Å². The van der Waals surface area contributed by atoms with Gasteiger partial charge in [-0.15, -0.1) is 0 Å². The van der Waals surface area contributed by atoms with Crippen LogP contribution in [-0.4, -0.2) is 48.7 Å². The molecule has 1 rings (SSSR count). The number of likely N-dealkylation sites (N-methyl/N-ethyl adjacent to an activating group) is 1. The first-order valence-electron chi connectivity index (χ1n) is 4.25. The van der Waals surface area contributed by atoms with Crippen molar-refractivity contribution in [3.63, 3.8) is 0 Å². The number of nitrogens with zero attached hydrogens (tertiary/aromatic N) is 1. The van der Waals surface area contributed by atoms with Gasteiger partial charge in [0.2, 0.25) is 0 Å². The lowest BCUT2D eigenvalue weighted by atomic mass is 10.1. The summed E-state index contributed by atoms with van der Waals surface area (Å²) in [6.07, 6.45) is 0. The van der Waals surface area contributed by atoms with Crippen LogP contribution in [-0.2, 0) is 4.79 Å². The summed E-state index contributed by atoms with van der Waals surface area (Å²) in [6, 6.07) is 0.425. The smallest absolute Gasteiger partial charge is 0.309 e. The predicted octanol–water partition coefficient (Wildman–Crippen LogP) is -0.389. The minimum absolute atomic E-state index is 0.264. The molecule has 12 heavy (non-hydrogen) atoms. The third-order valence-corrected chi connectivity index (χ3v) is 2.44. The molecule has 70 valence electrons. The zero-order valence-electron chi connectivity index (χ0n) is 7.58. The number of hydrogen-bond donors (Lipinski definition) is 2. The van der Waals surface area contributed by atoms with Gasteiger partial charge in [0, 0.05) is 25.7 Å². The second-order valence-electron chi connectivity index (χ2n) is 3.48. The minimum Gasteiger partial charge on any atom is -0.481 e. The highest BCUT2D eigenvalue weighted by Crippen LogP contribution is 2.06. The van der Waals surface area contributed by atoms with E-state index in [9.17, 15) is 4.79 Å². The van der Waals surface area contributed by atoms with Crippen LogP contribution in [0.1, 0.15) is 6.92 Å². The summed E-state index contributed by atoms with van der Waals surface area (Å²) in [4.78, 5) is 12.8. The Bertz CT molecular complexity index is 172. The fourth-order valence-electron chi connectivity index (χ4n) is 1.38. The molecule has 1 saturated heterocycles. The standard InChI is InChI=1S/C8H16N2O2/c1-6-3-9-4-7(8(11)12)5-10(6)2/h6-7,9H,3-5H2,1-2H3,(H,11,12). The monoisotopic (exact) mass is 172 g/mol. The molecule has 0 saturated carbocycles. The molecule has 0 amide bonds. The molecule has 0 radical (unpaired) electrons. The Kier molecular flexibility index (Phi) is 3.05. The zero-order valence-corrected chi connectivity index (χ0v) is 7.58. The lowest BCUT2D eigenvalue weighted by molar-refractivity contribution is -0.141. The van der Waals surface area contributed by atoms with Crippen molar-refractivity contribution in [3.05, 3.63) is 0 Å². The van der Waals surface area contributed by atoms with E-state index in [1.165, 1.54) is 0 Å². The van der Waals surface area contributed by atoms with E-state index in [0.29, 0.717) is 19.1 Å². The van der Waals surface area contributed by atoms with Crippen LogP contribution in [0.4, 0.5) is 0 Å². The van der Waals surface area contributed by atoms with Crippen molar-refractivity contribution >= 4 is 5.97 Å². The van der Waals surface area contributed by atoms with Gasteiger partial charge < -0.3 is 15.3 Å². The molecule has 0 spiro atoms. The molecule has 0 aromatic heterocycles. The SMILES string of the molecule is CC1CNCC(C(=O)O)CN1C. The van der Waals surface area contributed by atoms with Gasteiger partial charge in [0.1, 0.15) is 0 Å². The van der Waals surface area contributed by atoms with E-state index >= 15 is 0 Å². The van der Waals surface area contributed by atoms with Crippen molar-refractivity contribution in [2.75, 3.05) is 26.7 Å². The van der Waals surface area contributed by atoms with Gasteiger partial charge in [-0.2, -0.15) is 0 Å². The van der Waals surface area contributed by atoms with E-state index in [1.807, 2.05) is 7.05 Å². The molecule has 2 atom stereocenters. The molecule has 4 heteroatoms. The van der Waals surface area contributed by atoms with Crippen LogP contribution in [0.3, 0.4) is 0 Å². The molecular formula is C8H16N2O2. The Balaban J connectivity index is 2.54. The number of carbonyl (C=O) groups is 1. The third kappa shape index (κ3) is 2.19. The predicted molar refractivity (Wildman–Crippen MR) is 46.1 cm³/mol. The Labute approximate surface area is 72.6 Å². The fourth-order valence-corrected chi connectivity index (χ4v) is 1.38. The maximum Gasteiger partial charge on any atom is 0.309 e. The van der Waals surface area contributed by atoms with E-state index in [1.54, 1.807) is 0 Å². The van der Waals surface area contributed by atoms with Gasteiger partial charge in [-0.05, 0) is 14.0 Å². The third-order valence-electron chi connectivity index (χ3n) is 2.44. The largest absolute Gasteiger partial charge is 0.481 e. The summed E-state index contributed by atoms with van der Waals surface area (Å²) in [5.74, 6) is -0.969. The number of carboxylic acid groups (broad SMARTS) is 1.